The molecule has 5 heterocycles. The molecule has 9 heteroatoms. The number of amides is 1. The summed E-state index contributed by atoms with van der Waals surface area (Å²) in [6.45, 7) is 5.68. The molecule has 0 aromatic carbocycles. The molecule has 0 N–H and O–H groups in total. The van der Waals surface area contributed by atoms with Crippen LogP contribution in [0.4, 0.5) is 11.5 Å². The second-order valence-electron chi connectivity index (χ2n) is 7.70. The van der Waals surface area contributed by atoms with E-state index >= 15 is 0 Å². The molecule has 2 aromatic rings. The first-order valence-electron chi connectivity index (χ1n) is 10.1. The Morgan fingerprint density at radius 2 is 2.07 bits per heavy atom. The van der Waals surface area contributed by atoms with Gasteiger partial charge in [0.1, 0.15) is 23.2 Å². The number of nitrogens with zero attached hydrogens (tertiary/aromatic N) is 5. The molecule has 3 aliphatic rings. The van der Waals surface area contributed by atoms with Gasteiger partial charge in [0.25, 0.3) is 0 Å². The van der Waals surface area contributed by atoms with Crippen LogP contribution in [0.3, 0.4) is 0 Å². The molecule has 0 spiro atoms. The number of pyridine rings is 1. The van der Waals surface area contributed by atoms with E-state index in [9.17, 15) is 4.79 Å². The Morgan fingerprint density at radius 1 is 1.24 bits per heavy atom. The number of ether oxygens (including phenoxy) is 2. The zero-order chi connectivity index (χ0) is 20.0. The van der Waals surface area contributed by atoms with E-state index in [1.807, 2.05) is 4.90 Å². The van der Waals surface area contributed by atoms with Crippen LogP contribution in [0.15, 0.2) is 12.3 Å². The third-order valence-corrected chi connectivity index (χ3v) is 6.19. The van der Waals surface area contributed by atoms with E-state index in [-0.39, 0.29) is 5.91 Å². The zero-order valence-electron chi connectivity index (χ0n) is 16.4. The fourth-order valence-corrected chi connectivity index (χ4v) is 4.61. The SMILES string of the molecule is CC(=O)N1CCc2c(c(N3CCOc4cc(Cl)ncc43)nn2C2CCOCC2)C1. The maximum absolute atomic E-state index is 12.1. The summed E-state index contributed by atoms with van der Waals surface area (Å²) in [4.78, 5) is 20.4. The normalized spacial score (nSPS) is 19.5. The van der Waals surface area contributed by atoms with E-state index in [0.717, 1.165) is 56.1 Å². The molecule has 0 aliphatic carbocycles. The summed E-state index contributed by atoms with van der Waals surface area (Å²) in [5.41, 5.74) is 3.22. The average molecular weight is 418 g/mol. The van der Waals surface area contributed by atoms with Gasteiger partial charge < -0.3 is 19.3 Å². The van der Waals surface area contributed by atoms with E-state index in [4.69, 9.17) is 26.2 Å². The van der Waals surface area contributed by atoms with Gasteiger partial charge in [-0.2, -0.15) is 5.10 Å². The third kappa shape index (κ3) is 3.34. The highest BCUT2D eigenvalue weighted by Gasteiger charge is 2.33. The van der Waals surface area contributed by atoms with Crippen LogP contribution in [0, 0.1) is 0 Å². The lowest BCUT2D eigenvalue weighted by Crippen LogP contribution is -2.36. The molecule has 154 valence electrons. The van der Waals surface area contributed by atoms with Crippen molar-refractivity contribution in [2.24, 2.45) is 0 Å². The van der Waals surface area contributed by atoms with Crippen molar-refractivity contribution in [3.63, 3.8) is 0 Å². The Morgan fingerprint density at radius 3 is 2.86 bits per heavy atom. The number of carbonyl (C=O) groups excluding carboxylic acids is 1. The summed E-state index contributed by atoms with van der Waals surface area (Å²) < 4.78 is 13.6. The monoisotopic (exact) mass is 417 g/mol. The highest BCUT2D eigenvalue weighted by Crippen LogP contribution is 2.41. The first kappa shape index (κ1) is 18.7. The third-order valence-electron chi connectivity index (χ3n) is 5.98. The fraction of sp³-hybridized carbons (Fsp3) is 0.550. The minimum atomic E-state index is 0.0937. The van der Waals surface area contributed by atoms with E-state index < -0.39 is 0 Å². The number of fused-ring (bicyclic) bond motifs is 2. The maximum atomic E-state index is 12.1. The van der Waals surface area contributed by atoms with Crippen LogP contribution in [0.25, 0.3) is 0 Å². The Labute approximate surface area is 174 Å². The summed E-state index contributed by atoms with van der Waals surface area (Å²) in [5.74, 6) is 1.70. The molecule has 29 heavy (non-hydrogen) atoms. The van der Waals surface area contributed by atoms with E-state index in [1.54, 1.807) is 19.2 Å². The summed E-state index contributed by atoms with van der Waals surface area (Å²) in [6, 6.07) is 2.08. The summed E-state index contributed by atoms with van der Waals surface area (Å²) in [5, 5.41) is 5.49. The number of rotatable bonds is 2. The molecule has 3 aliphatic heterocycles. The quantitative estimate of drug-likeness (QED) is 0.699. The van der Waals surface area contributed by atoms with Crippen molar-refractivity contribution in [3.8, 4) is 5.75 Å². The first-order chi connectivity index (χ1) is 14.1. The molecule has 0 saturated carbocycles. The van der Waals surface area contributed by atoms with Crippen molar-refractivity contribution in [1.29, 1.82) is 0 Å². The lowest BCUT2D eigenvalue weighted by molar-refractivity contribution is -0.129. The number of anilines is 2. The number of carbonyl (C=O) groups is 1. The highest BCUT2D eigenvalue weighted by molar-refractivity contribution is 6.29. The van der Waals surface area contributed by atoms with Crippen molar-refractivity contribution in [2.45, 2.75) is 38.8 Å². The number of aromatic nitrogens is 3. The summed E-state index contributed by atoms with van der Waals surface area (Å²) in [7, 11) is 0. The van der Waals surface area contributed by atoms with Gasteiger partial charge in [0.15, 0.2) is 5.82 Å². The van der Waals surface area contributed by atoms with Gasteiger partial charge in [-0.25, -0.2) is 4.98 Å². The molecule has 0 atom stereocenters. The maximum Gasteiger partial charge on any atom is 0.219 e. The minimum Gasteiger partial charge on any atom is -0.489 e. The van der Waals surface area contributed by atoms with Crippen LogP contribution >= 0.6 is 11.6 Å². The Kier molecular flexibility index (Phi) is 4.83. The number of hydrogen-bond donors (Lipinski definition) is 0. The van der Waals surface area contributed by atoms with Crippen LogP contribution in [-0.4, -0.2) is 58.5 Å². The van der Waals surface area contributed by atoms with E-state index in [1.165, 1.54) is 5.69 Å². The fourth-order valence-electron chi connectivity index (χ4n) is 4.46. The number of hydrogen-bond acceptors (Lipinski definition) is 6. The molecule has 2 aromatic heterocycles. The zero-order valence-corrected chi connectivity index (χ0v) is 17.2. The van der Waals surface area contributed by atoms with Crippen molar-refractivity contribution in [2.75, 3.05) is 37.8 Å². The standard InChI is InChI=1S/C20H24ClN5O3/c1-13(27)24-5-2-16-15(12-24)20(23-26(16)14-3-7-28-8-4-14)25-6-9-29-18-10-19(21)22-11-17(18)25/h10-11,14H,2-9,12H2,1H3. The highest BCUT2D eigenvalue weighted by atomic mass is 35.5. The van der Waals surface area contributed by atoms with E-state index in [0.29, 0.717) is 36.6 Å². The Balaban J connectivity index is 1.60. The van der Waals surface area contributed by atoms with Crippen LogP contribution in [0.1, 0.15) is 37.1 Å². The number of halogens is 1. The molecule has 1 saturated heterocycles. The molecular formula is C20H24ClN5O3. The van der Waals surface area contributed by atoms with Crippen molar-refractivity contribution in [1.82, 2.24) is 19.7 Å². The smallest absolute Gasteiger partial charge is 0.219 e. The molecule has 0 unspecified atom stereocenters. The Bertz CT molecular complexity index is 940. The molecule has 5 rings (SSSR count). The lowest BCUT2D eigenvalue weighted by Gasteiger charge is -2.32. The van der Waals surface area contributed by atoms with Crippen LogP contribution in [-0.2, 0) is 22.5 Å². The van der Waals surface area contributed by atoms with Gasteiger partial charge >= 0.3 is 0 Å². The molecule has 1 fully saturated rings. The first-order valence-corrected chi connectivity index (χ1v) is 10.5. The average Bonchev–Trinajstić information content (AvgIpc) is 3.12. The van der Waals surface area contributed by atoms with Gasteiger partial charge in [-0.05, 0) is 12.8 Å². The van der Waals surface area contributed by atoms with Crippen molar-refractivity contribution < 1.29 is 14.3 Å². The Hall–Kier alpha value is -2.32. The minimum absolute atomic E-state index is 0.0937. The van der Waals surface area contributed by atoms with Crippen LogP contribution in [0.5, 0.6) is 5.75 Å². The molecule has 8 nitrogen and oxygen atoms in total. The summed E-state index contributed by atoms with van der Waals surface area (Å²) in [6.07, 6.45) is 4.47. The molecule has 1 amide bonds. The second kappa shape index (κ2) is 7.50. The predicted octanol–water partition coefficient (Wildman–Crippen LogP) is 2.72. The molecule has 0 bridgehead atoms. The van der Waals surface area contributed by atoms with Crippen molar-refractivity contribution in [3.05, 3.63) is 28.7 Å². The van der Waals surface area contributed by atoms with Gasteiger partial charge in [-0.1, -0.05) is 11.6 Å². The molecule has 0 radical (unpaired) electrons. The van der Waals surface area contributed by atoms with Gasteiger partial charge in [-0.15, -0.1) is 0 Å². The largest absolute Gasteiger partial charge is 0.489 e. The summed E-state index contributed by atoms with van der Waals surface area (Å²) >= 11 is 6.06. The topological polar surface area (TPSA) is 72.7 Å². The van der Waals surface area contributed by atoms with Gasteiger partial charge in [0.2, 0.25) is 5.91 Å². The van der Waals surface area contributed by atoms with Gasteiger partial charge in [-0.3, -0.25) is 9.48 Å². The van der Waals surface area contributed by atoms with Crippen LogP contribution in [0.2, 0.25) is 5.15 Å². The lowest BCUT2D eigenvalue weighted by atomic mass is 10.0. The van der Waals surface area contributed by atoms with Gasteiger partial charge in [0, 0.05) is 50.4 Å². The van der Waals surface area contributed by atoms with Gasteiger partial charge in [0.05, 0.1) is 25.3 Å². The second-order valence-corrected chi connectivity index (χ2v) is 8.09. The van der Waals surface area contributed by atoms with E-state index in [2.05, 4.69) is 14.6 Å². The van der Waals surface area contributed by atoms with Crippen molar-refractivity contribution >= 4 is 29.0 Å². The van der Waals surface area contributed by atoms with Crippen LogP contribution < -0.4 is 9.64 Å². The molecular weight excluding hydrogens is 394 g/mol. The predicted molar refractivity (Wildman–Crippen MR) is 108 cm³/mol.